The van der Waals surface area contributed by atoms with Crippen LogP contribution >= 0.6 is 0 Å². The van der Waals surface area contributed by atoms with Crippen LogP contribution in [0.25, 0.3) is 33.6 Å². The van der Waals surface area contributed by atoms with E-state index in [4.69, 9.17) is 14.7 Å². The molecule has 0 radical (unpaired) electrons. The maximum absolute atomic E-state index is 13.7. The summed E-state index contributed by atoms with van der Waals surface area (Å²) in [6.45, 7) is 12.9. The van der Waals surface area contributed by atoms with Gasteiger partial charge in [0, 0.05) is 18.6 Å². The summed E-state index contributed by atoms with van der Waals surface area (Å²) < 4.78 is 4.79. The van der Waals surface area contributed by atoms with Gasteiger partial charge in [-0.1, -0.05) is 83.1 Å². The normalized spacial score (nSPS) is 22.8. The lowest BCUT2D eigenvalue weighted by molar-refractivity contribution is -0.138. The van der Waals surface area contributed by atoms with Crippen LogP contribution in [0, 0.1) is 11.8 Å². The van der Waals surface area contributed by atoms with Gasteiger partial charge in [-0.3, -0.25) is 14.6 Å². The molecule has 3 aliphatic rings. The van der Waals surface area contributed by atoms with Crippen molar-refractivity contribution < 1.29 is 19.4 Å². The number of imidazole rings is 2. The number of ether oxygens (including phenoxy) is 1. The number of likely N-dealkylation sites (tertiary alicyclic amines) is 2. The van der Waals surface area contributed by atoms with Crippen LogP contribution in [0.1, 0.15) is 103 Å². The number of aromatic amines is 2. The zero-order valence-electron chi connectivity index (χ0n) is 33.9. The second kappa shape index (κ2) is 17.3. The van der Waals surface area contributed by atoms with Crippen molar-refractivity contribution >= 4 is 12.0 Å². The topological polar surface area (TPSA) is 143 Å². The van der Waals surface area contributed by atoms with Crippen LogP contribution < -0.4 is 5.32 Å². The number of piperidine rings is 2. The molecule has 2 aromatic heterocycles. The van der Waals surface area contributed by atoms with Gasteiger partial charge >= 0.3 is 6.09 Å². The number of nitrogens with zero attached hydrogens (tertiary/aromatic N) is 5. The third kappa shape index (κ3) is 7.88. The van der Waals surface area contributed by atoms with E-state index in [0.29, 0.717) is 18.5 Å². The standard InChI is InChI=1S/C44H60N8O4/c1-7-36(50(8-2)9-3)42(53)52-33-22-21-32(24-33)39(52)41-46-26-35(48-41)31-19-15-29(16-20-31)28-13-17-30(18-14-28)34-25-45-40(47-34)37-12-10-11-23-51(37)43(54)38(27(4)5)49-44(55)56-6/h13-20,25-27,32-33,36-39,42,53H,7-12,21-24H2,1-6H3,(H,45,47)(H,46,48)(H,49,55). The molecule has 0 spiro atoms. The molecule has 12 nitrogen and oxygen atoms in total. The second-order valence-electron chi connectivity index (χ2n) is 16.1. The number of fused-ring (bicyclic) bond motifs is 2. The van der Waals surface area contributed by atoms with Crippen molar-refractivity contribution in [3.63, 3.8) is 0 Å². The molecule has 300 valence electrons. The van der Waals surface area contributed by atoms with E-state index in [-0.39, 0.29) is 30.0 Å². The number of H-pyrrole nitrogens is 2. The maximum Gasteiger partial charge on any atom is 0.407 e. The van der Waals surface area contributed by atoms with E-state index in [1.807, 2.05) is 31.1 Å². The maximum atomic E-state index is 13.7. The number of aliphatic hydroxyl groups is 1. The van der Waals surface area contributed by atoms with Crippen LogP contribution in [0.3, 0.4) is 0 Å². The van der Waals surface area contributed by atoms with E-state index in [2.05, 4.69) is 94.4 Å². The quantitative estimate of drug-likeness (QED) is 0.103. The van der Waals surface area contributed by atoms with Crippen molar-refractivity contribution in [2.75, 3.05) is 26.7 Å². The lowest BCUT2D eigenvalue weighted by Gasteiger charge is -2.43. The number of benzene rings is 2. The highest BCUT2D eigenvalue weighted by molar-refractivity contribution is 5.86. The van der Waals surface area contributed by atoms with Gasteiger partial charge in [0.25, 0.3) is 0 Å². The molecule has 4 aromatic rings. The Morgan fingerprint density at radius 2 is 1.46 bits per heavy atom. The number of nitrogens with one attached hydrogen (secondary N) is 3. The van der Waals surface area contributed by atoms with Gasteiger partial charge in [-0.25, -0.2) is 14.8 Å². The largest absolute Gasteiger partial charge is 0.453 e. The van der Waals surface area contributed by atoms with Crippen LogP contribution in [0.5, 0.6) is 0 Å². The summed E-state index contributed by atoms with van der Waals surface area (Å²) in [6.07, 6.45) is 9.72. The first-order valence-electron chi connectivity index (χ1n) is 20.8. The number of carbonyl (C=O) groups excluding carboxylic acids is 2. The summed E-state index contributed by atoms with van der Waals surface area (Å²) in [5, 5.41) is 14.5. The first-order chi connectivity index (χ1) is 27.1. The lowest BCUT2D eigenvalue weighted by Crippen LogP contribution is -2.54. The molecule has 2 bridgehead atoms. The molecule has 2 amide bonds. The molecular formula is C44H60N8O4. The first kappa shape index (κ1) is 39.7. The Balaban J connectivity index is 1.03. The summed E-state index contributed by atoms with van der Waals surface area (Å²) in [5.41, 5.74) is 6.20. The molecule has 2 aliphatic heterocycles. The van der Waals surface area contributed by atoms with Gasteiger partial charge in [-0.05, 0) is 92.1 Å². The molecule has 7 atom stereocenters. The second-order valence-corrected chi connectivity index (χ2v) is 16.1. The highest BCUT2D eigenvalue weighted by Gasteiger charge is 2.51. The summed E-state index contributed by atoms with van der Waals surface area (Å²) in [6, 6.07) is 16.8. The van der Waals surface area contributed by atoms with Crippen molar-refractivity contribution in [2.45, 2.75) is 116 Å². The number of carbonyl (C=O) groups is 2. The van der Waals surface area contributed by atoms with Crippen molar-refractivity contribution in [2.24, 2.45) is 11.8 Å². The van der Waals surface area contributed by atoms with E-state index < -0.39 is 18.4 Å². The molecule has 4 N–H and O–H groups in total. The van der Waals surface area contributed by atoms with Gasteiger partial charge < -0.3 is 30.0 Å². The highest BCUT2D eigenvalue weighted by Crippen LogP contribution is 2.51. The van der Waals surface area contributed by atoms with Gasteiger partial charge in [0.05, 0.1) is 43.0 Å². The molecule has 7 unspecified atom stereocenters. The molecule has 1 aliphatic carbocycles. The Morgan fingerprint density at radius 1 is 0.875 bits per heavy atom. The van der Waals surface area contributed by atoms with E-state index in [9.17, 15) is 14.7 Å². The minimum absolute atomic E-state index is 0.0927. The third-order valence-electron chi connectivity index (χ3n) is 12.7. The zero-order valence-corrected chi connectivity index (χ0v) is 33.9. The third-order valence-corrected chi connectivity index (χ3v) is 12.7. The SMILES string of the molecule is CCC(C(O)N1C2CCC(C2)C1c1ncc(-c2ccc(-c3ccc(-c4cnc(C5CCCCN5C(=O)C(NC(=O)OC)C(C)C)[nH]4)cc3)cc2)[nH]1)N(CC)CC. The molecule has 7 rings (SSSR count). The monoisotopic (exact) mass is 764 g/mol. The molecule has 1 saturated carbocycles. The molecule has 56 heavy (non-hydrogen) atoms. The Labute approximate surface area is 331 Å². The highest BCUT2D eigenvalue weighted by atomic mass is 16.5. The summed E-state index contributed by atoms with van der Waals surface area (Å²) in [4.78, 5) is 49.2. The number of rotatable bonds is 14. The van der Waals surface area contributed by atoms with E-state index >= 15 is 0 Å². The van der Waals surface area contributed by atoms with Crippen molar-refractivity contribution in [1.29, 1.82) is 0 Å². The average Bonchev–Trinajstić information content (AvgIpc) is 4.07. The van der Waals surface area contributed by atoms with E-state index in [0.717, 1.165) is 96.9 Å². The molecular weight excluding hydrogens is 705 g/mol. The number of likely N-dealkylation sites (N-methyl/N-ethyl adjacent to an activating group) is 1. The molecule has 4 heterocycles. The Morgan fingerprint density at radius 3 is 2.04 bits per heavy atom. The number of hydrogen-bond acceptors (Lipinski definition) is 8. The lowest BCUT2D eigenvalue weighted by atomic mass is 9.96. The Hall–Kier alpha value is -4.52. The van der Waals surface area contributed by atoms with Crippen LogP contribution in [0.2, 0.25) is 0 Å². The number of amides is 2. The smallest absolute Gasteiger partial charge is 0.407 e. The number of alkyl carbamates (subject to hydrolysis) is 1. The molecule has 12 heteroatoms. The van der Waals surface area contributed by atoms with Gasteiger partial charge in [-0.15, -0.1) is 0 Å². The van der Waals surface area contributed by atoms with Crippen LogP contribution in [-0.2, 0) is 9.53 Å². The van der Waals surface area contributed by atoms with Gasteiger partial charge in [-0.2, -0.15) is 0 Å². The first-order valence-corrected chi connectivity index (χ1v) is 20.8. The summed E-state index contributed by atoms with van der Waals surface area (Å²) in [7, 11) is 1.31. The average molecular weight is 765 g/mol. The molecule has 2 saturated heterocycles. The van der Waals surface area contributed by atoms with E-state index in [1.165, 1.54) is 13.5 Å². The fourth-order valence-corrected chi connectivity index (χ4v) is 9.64. The minimum atomic E-state index is -0.676. The fraction of sp³-hybridized carbons (Fsp3) is 0.545. The van der Waals surface area contributed by atoms with E-state index in [1.54, 1.807) is 0 Å². The predicted octanol–water partition coefficient (Wildman–Crippen LogP) is 7.53. The number of aliphatic hydroxyl groups excluding tert-OH is 1. The zero-order chi connectivity index (χ0) is 39.5. The molecule has 3 fully saturated rings. The van der Waals surface area contributed by atoms with Crippen LogP contribution in [-0.4, -0.2) is 103 Å². The van der Waals surface area contributed by atoms with Crippen molar-refractivity contribution in [3.8, 4) is 33.6 Å². The fourth-order valence-electron chi connectivity index (χ4n) is 9.64. The molecule has 2 aromatic carbocycles. The van der Waals surface area contributed by atoms with Crippen LogP contribution in [0.15, 0.2) is 60.9 Å². The van der Waals surface area contributed by atoms with Gasteiger partial charge in [0.15, 0.2) is 0 Å². The Bertz CT molecular complexity index is 1920. The van der Waals surface area contributed by atoms with Crippen molar-refractivity contribution in [1.82, 2.24) is 40.0 Å². The number of aromatic nitrogens is 4. The number of hydrogen-bond donors (Lipinski definition) is 4. The minimum Gasteiger partial charge on any atom is -0.453 e. The summed E-state index contributed by atoms with van der Waals surface area (Å²) in [5.74, 6) is 2.01. The summed E-state index contributed by atoms with van der Waals surface area (Å²) >= 11 is 0. The van der Waals surface area contributed by atoms with Gasteiger partial charge in [0.2, 0.25) is 5.91 Å². The Kier molecular flexibility index (Phi) is 12.3. The number of methoxy groups -OCH3 is 1. The predicted molar refractivity (Wildman–Crippen MR) is 218 cm³/mol. The van der Waals surface area contributed by atoms with Crippen molar-refractivity contribution in [3.05, 3.63) is 72.6 Å². The van der Waals surface area contributed by atoms with Gasteiger partial charge in [0.1, 0.15) is 23.9 Å². The van der Waals surface area contributed by atoms with Crippen LogP contribution in [0.4, 0.5) is 4.79 Å².